The van der Waals surface area contributed by atoms with Crippen LogP contribution in [0, 0.1) is 17.8 Å². The minimum atomic E-state index is -1.96. The van der Waals surface area contributed by atoms with Crippen molar-refractivity contribution in [3.63, 3.8) is 0 Å². The fourth-order valence-corrected chi connectivity index (χ4v) is 7.50. The molecule has 0 bridgehead atoms. The molecule has 1 unspecified atom stereocenters. The summed E-state index contributed by atoms with van der Waals surface area (Å²) in [6.07, 6.45) is 2.92. The van der Waals surface area contributed by atoms with Crippen LogP contribution >= 0.6 is 0 Å². The molecule has 1 aromatic carbocycles. The number of benzene rings is 1. The third-order valence-corrected chi connectivity index (χ3v) is 9.14. The van der Waals surface area contributed by atoms with Crippen LogP contribution in [0.5, 0.6) is 0 Å². The Morgan fingerprint density at radius 3 is 2.34 bits per heavy atom. The maximum atomic E-state index is 13.8. The van der Waals surface area contributed by atoms with Crippen molar-refractivity contribution < 1.29 is 25.2 Å². The number of hydrogen-bond acceptors (Lipinski definition) is 7. The Labute approximate surface area is 218 Å². The van der Waals surface area contributed by atoms with Gasteiger partial charge >= 0.3 is 11.4 Å². The molecule has 3 aliphatic carbocycles. The van der Waals surface area contributed by atoms with Crippen molar-refractivity contribution >= 4 is 5.78 Å². The largest absolute Gasteiger partial charge is 0.392 e. The van der Waals surface area contributed by atoms with Crippen molar-refractivity contribution in [2.75, 3.05) is 6.61 Å². The number of rotatable bonds is 2. The number of Topliss-reactive ketones (excluding diaryl/α,β-unsaturated/α-hetero) is 1. The number of aliphatic hydroxyl groups excluding tert-OH is 1. The van der Waals surface area contributed by atoms with Gasteiger partial charge in [-0.2, -0.15) is 4.68 Å². The molecule has 6 atom stereocenters. The van der Waals surface area contributed by atoms with Gasteiger partial charge in [-0.15, -0.1) is 0 Å². The summed E-state index contributed by atoms with van der Waals surface area (Å²) < 4.78 is 3.31. The standard InChI is InChI=1S/C28H31N3O7/c1-15-9-21-26(36,23(15)33)12-18(14-32)10-20-22-16(2)13-29-24(34)30(19-7-5-4-6-8-19)25(35)31(29)27(22,37)11-17(3)28(20,21)38/h4-10,17,20-21,32,36-38H,11-14H2,1-3H3/t17-,20+,21-,26-,27?,28-/m1/s1. The molecule has 1 fully saturated rings. The molecule has 0 saturated heterocycles. The molecule has 1 saturated carbocycles. The van der Waals surface area contributed by atoms with Crippen LogP contribution in [-0.2, 0) is 17.1 Å². The summed E-state index contributed by atoms with van der Waals surface area (Å²) in [5.41, 5.74) is -4.95. The molecule has 200 valence electrons. The topological polar surface area (TPSA) is 147 Å². The monoisotopic (exact) mass is 521 g/mol. The van der Waals surface area contributed by atoms with Gasteiger partial charge < -0.3 is 20.4 Å². The van der Waals surface area contributed by atoms with Gasteiger partial charge in [-0.1, -0.05) is 37.3 Å². The first-order valence-electron chi connectivity index (χ1n) is 12.8. The van der Waals surface area contributed by atoms with E-state index in [-0.39, 0.29) is 19.4 Å². The highest BCUT2D eigenvalue weighted by atomic mass is 16.3. The second-order valence-corrected chi connectivity index (χ2v) is 11.3. The Balaban J connectivity index is 1.61. The summed E-state index contributed by atoms with van der Waals surface area (Å²) in [5, 5.41) is 46.6. The first-order chi connectivity index (χ1) is 17.9. The summed E-state index contributed by atoms with van der Waals surface area (Å²) in [7, 11) is 0. The summed E-state index contributed by atoms with van der Waals surface area (Å²) in [6.45, 7) is 4.58. The molecule has 1 aromatic heterocycles. The van der Waals surface area contributed by atoms with Crippen molar-refractivity contribution in [3.8, 4) is 5.69 Å². The van der Waals surface area contributed by atoms with Gasteiger partial charge in [-0.3, -0.25) is 4.79 Å². The van der Waals surface area contributed by atoms with Crippen LogP contribution in [-0.4, -0.2) is 57.9 Å². The molecule has 2 heterocycles. The van der Waals surface area contributed by atoms with Crippen LogP contribution in [0.25, 0.3) is 5.69 Å². The lowest BCUT2D eigenvalue weighted by atomic mass is 9.56. The van der Waals surface area contributed by atoms with E-state index in [1.807, 2.05) is 0 Å². The van der Waals surface area contributed by atoms with E-state index in [9.17, 15) is 34.8 Å². The molecule has 0 spiro atoms. The van der Waals surface area contributed by atoms with E-state index in [1.54, 1.807) is 63.3 Å². The Bertz CT molecular complexity index is 1590. The molecular weight excluding hydrogens is 490 g/mol. The molecule has 10 nitrogen and oxygen atoms in total. The molecule has 38 heavy (non-hydrogen) atoms. The molecule has 2 aromatic rings. The highest BCUT2D eigenvalue weighted by Crippen LogP contribution is 2.59. The number of aromatic nitrogens is 3. The zero-order valence-corrected chi connectivity index (χ0v) is 21.5. The zero-order chi connectivity index (χ0) is 27.4. The highest BCUT2D eigenvalue weighted by Gasteiger charge is 2.67. The summed E-state index contributed by atoms with van der Waals surface area (Å²) >= 11 is 0. The van der Waals surface area contributed by atoms with E-state index >= 15 is 0 Å². The van der Waals surface area contributed by atoms with Crippen LogP contribution in [0.15, 0.2) is 74.4 Å². The Morgan fingerprint density at radius 1 is 1.00 bits per heavy atom. The molecule has 4 N–H and O–H groups in total. The fourth-order valence-electron chi connectivity index (χ4n) is 7.50. The van der Waals surface area contributed by atoms with E-state index in [0.717, 1.165) is 9.25 Å². The third-order valence-electron chi connectivity index (χ3n) is 9.14. The van der Waals surface area contributed by atoms with Gasteiger partial charge in [0, 0.05) is 24.7 Å². The summed E-state index contributed by atoms with van der Waals surface area (Å²) in [6, 6.07) is 8.46. The number of nitrogens with zero attached hydrogens (tertiary/aromatic N) is 3. The lowest BCUT2D eigenvalue weighted by Gasteiger charge is -2.56. The van der Waals surface area contributed by atoms with Gasteiger partial charge in [-0.25, -0.2) is 18.8 Å². The molecule has 10 heteroatoms. The predicted molar refractivity (Wildman–Crippen MR) is 136 cm³/mol. The van der Waals surface area contributed by atoms with E-state index < -0.39 is 58.5 Å². The van der Waals surface area contributed by atoms with Crippen LogP contribution in [0.4, 0.5) is 0 Å². The molecule has 1 aliphatic heterocycles. The van der Waals surface area contributed by atoms with Gasteiger partial charge in [0.1, 0.15) is 5.60 Å². The average molecular weight is 522 g/mol. The smallest absolute Gasteiger partial charge is 0.354 e. The van der Waals surface area contributed by atoms with E-state index in [0.29, 0.717) is 28.0 Å². The van der Waals surface area contributed by atoms with Gasteiger partial charge in [0.15, 0.2) is 11.5 Å². The number of para-hydroxylation sites is 1. The van der Waals surface area contributed by atoms with Crippen molar-refractivity contribution in [3.05, 3.63) is 85.7 Å². The van der Waals surface area contributed by atoms with Crippen LogP contribution in [0.2, 0.25) is 0 Å². The Hall–Kier alpha value is -3.31. The number of aliphatic hydroxyl groups is 4. The van der Waals surface area contributed by atoms with Gasteiger partial charge in [0.25, 0.3) is 0 Å². The number of carbonyl (C=O) groups excluding carboxylic acids is 1. The minimum Gasteiger partial charge on any atom is -0.392 e. The second-order valence-electron chi connectivity index (χ2n) is 11.3. The van der Waals surface area contributed by atoms with Crippen LogP contribution < -0.4 is 11.4 Å². The highest BCUT2D eigenvalue weighted by molar-refractivity contribution is 6.04. The average Bonchev–Trinajstić information content (AvgIpc) is 3.22. The number of hydrogen-bond donors (Lipinski definition) is 4. The van der Waals surface area contributed by atoms with Gasteiger partial charge in [0.2, 0.25) is 0 Å². The normalized spacial score (nSPS) is 36.1. The van der Waals surface area contributed by atoms with E-state index in [1.165, 1.54) is 4.68 Å². The summed E-state index contributed by atoms with van der Waals surface area (Å²) in [5.74, 6) is -3.17. The summed E-state index contributed by atoms with van der Waals surface area (Å²) in [4.78, 5) is 40.3. The van der Waals surface area contributed by atoms with Gasteiger partial charge in [0.05, 0.1) is 24.4 Å². The lowest BCUT2D eigenvalue weighted by molar-refractivity contribution is -0.191. The number of ketones is 1. The van der Waals surface area contributed by atoms with E-state index in [4.69, 9.17) is 0 Å². The first-order valence-corrected chi connectivity index (χ1v) is 12.8. The molecule has 6 rings (SSSR count). The minimum absolute atomic E-state index is 0.00244. The second kappa shape index (κ2) is 7.86. The lowest BCUT2D eigenvalue weighted by Crippen LogP contribution is -2.66. The maximum absolute atomic E-state index is 13.8. The Kier molecular flexibility index (Phi) is 5.17. The Morgan fingerprint density at radius 2 is 1.68 bits per heavy atom. The molecule has 4 aliphatic rings. The zero-order valence-electron chi connectivity index (χ0n) is 21.5. The molecule has 0 radical (unpaired) electrons. The maximum Gasteiger partial charge on any atom is 0.354 e. The first kappa shape index (κ1) is 25.0. The third kappa shape index (κ3) is 2.88. The molecule has 0 amide bonds. The quantitative estimate of drug-likeness (QED) is 0.417. The SMILES string of the molecule is CC1=C[C@H]2[C@@]3(O)[C@H](C)CC4(O)C(=C(C)Cn5c(=O)n(-c6ccccc6)c(=O)n54)[C@@H]3C=C(CO)C[C@]2(O)C1=O. The number of carbonyl (C=O) groups is 1. The van der Waals surface area contributed by atoms with E-state index in [2.05, 4.69) is 0 Å². The fraction of sp³-hybridized carbons (Fsp3) is 0.464. The van der Waals surface area contributed by atoms with Crippen molar-refractivity contribution in [1.29, 1.82) is 0 Å². The van der Waals surface area contributed by atoms with Gasteiger partial charge in [-0.05, 0) is 54.2 Å². The number of fused-ring (bicyclic) bond motifs is 7. The predicted octanol–water partition coefficient (Wildman–Crippen LogP) is 0.362. The van der Waals surface area contributed by atoms with Crippen molar-refractivity contribution in [2.45, 2.75) is 57.1 Å². The van der Waals surface area contributed by atoms with Crippen molar-refractivity contribution in [2.24, 2.45) is 17.8 Å². The number of allylic oxidation sites excluding steroid dienone is 1. The van der Waals surface area contributed by atoms with Crippen LogP contribution in [0.3, 0.4) is 0 Å². The van der Waals surface area contributed by atoms with Crippen LogP contribution in [0.1, 0.15) is 33.6 Å². The molecular formula is C28H31N3O7. The van der Waals surface area contributed by atoms with Crippen molar-refractivity contribution in [1.82, 2.24) is 13.9 Å².